The fraction of sp³-hybridized carbons (Fsp3) is 0.389. The van der Waals surface area contributed by atoms with Gasteiger partial charge in [0.05, 0.1) is 16.7 Å². The van der Waals surface area contributed by atoms with Crippen LogP contribution < -0.4 is 10.6 Å². The number of carbonyl (C=O) groups excluding carboxylic acids is 2. The molecule has 1 heterocycles. The molecule has 2 rings (SSSR count). The van der Waals surface area contributed by atoms with Crippen molar-refractivity contribution in [3.8, 4) is 0 Å². The van der Waals surface area contributed by atoms with Gasteiger partial charge in [0.25, 0.3) is 0 Å². The molecule has 0 bridgehead atoms. The topological polar surface area (TPSA) is 121 Å². The van der Waals surface area contributed by atoms with Gasteiger partial charge in [0, 0.05) is 19.5 Å². The molecule has 26 heavy (non-hydrogen) atoms. The number of nitrogens with zero attached hydrogens (tertiary/aromatic N) is 2. The maximum absolute atomic E-state index is 12.4. The molecule has 0 saturated carbocycles. The third-order valence-electron chi connectivity index (χ3n) is 3.83. The molecule has 1 aromatic carbocycles. The Morgan fingerprint density at radius 1 is 1.12 bits per heavy atom. The minimum absolute atomic E-state index is 0.0101. The highest BCUT2D eigenvalue weighted by Crippen LogP contribution is 2.10. The molecule has 0 radical (unpaired) electrons. The van der Waals surface area contributed by atoms with Crippen molar-refractivity contribution in [3.63, 3.8) is 0 Å². The third-order valence-corrected chi connectivity index (χ3v) is 3.83. The molecule has 0 saturated heterocycles. The first-order chi connectivity index (χ1) is 12.3. The minimum Gasteiger partial charge on any atom is -0.480 e. The van der Waals surface area contributed by atoms with Crippen LogP contribution in [0.2, 0.25) is 0 Å². The second-order valence-corrected chi connectivity index (χ2v) is 6.38. The van der Waals surface area contributed by atoms with Gasteiger partial charge in [-0.05, 0) is 18.1 Å². The summed E-state index contributed by atoms with van der Waals surface area (Å²) in [6.07, 6.45) is 1.49. The molecule has 2 amide bonds. The van der Waals surface area contributed by atoms with E-state index in [-0.39, 0.29) is 18.2 Å². The van der Waals surface area contributed by atoms with Crippen LogP contribution in [0.4, 0.5) is 0 Å². The Morgan fingerprint density at radius 2 is 1.77 bits per heavy atom. The fourth-order valence-corrected chi connectivity index (χ4v) is 2.52. The van der Waals surface area contributed by atoms with Crippen LogP contribution in [0.5, 0.6) is 0 Å². The Labute approximate surface area is 151 Å². The Bertz CT molecular complexity index is 822. The average Bonchev–Trinajstić information content (AvgIpc) is 2.58. The predicted molar refractivity (Wildman–Crippen MR) is 95.3 cm³/mol. The van der Waals surface area contributed by atoms with Crippen LogP contribution in [-0.2, 0) is 20.8 Å². The molecule has 8 nitrogen and oxygen atoms in total. The third kappa shape index (κ3) is 4.98. The molecular weight excluding hydrogens is 336 g/mol. The van der Waals surface area contributed by atoms with E-state index in [9.17, 15) is 19.5 Å². The van der Waals surface area contributed by atoms with Gasteiger partial charge in [0.2, 0.25) is 11.8 Å². The SMILES string of the molecule is CC(=O)N[C@@H](C(=O)N[C@H](Cc1cnc2ccccc2n1)C(=O)O)C(C)C. The second-order valence-electron chi connectivity index (χ2n) is 6.38. The van der Waals surface area contributed by atoms with Crippen molar-refractivity contribution in [2.24, 2.45) is 5.92 Å². The summed E-state index contributed by atoms with van der Waals surface area (Å²) in [6, 6.07) is 5.27. The van der Waals surface area contributed by atoms with Crippen LogP contribution in [0.15, 0.2) is 30.5 Å². The largest absolute Gasteiger partial charge is 0.480 e. The lowest BCUT2D eigenvalue weighted by molar-refractivity contribution is -0.142. The van der Waals surface area contributed by atoms with Gasteiger partial charge in [-0.3, -0.25) is 14.6 Å². The van der Waals surface area contributed by atoms with Crippen LogP contribution in [0, 0.1) is 5.92 Å². The van der Waals surface area contributed by atoms with E-state index in [0.29, 0.717) is 16.7 Å². The number of carboxylic acid groups (broad SMARTS) is 1. The molecule has 0 spiro atoms. The van der Waals surface area contributed by atoms with Crippen LogP contribution in [0.1, 0.15) is 26.5 Å². The molecule has 2 aromatic rings. The lowest BCUT2D eigenvalue weighted by atomic mass is 10.0. The normalized spacial score (nSPS) is 13.2. The number of aromatic nitrogens is 2. The number of fused-ring (bicyclic) bond motifs is 1. The van der Waals surface area contributed by atoms with E-state index < -0.39 is 24.0 Å². The van der Waals surface area contributed by atoms with Crippen molar-refractivity contribution in [1.82, 2.24) is 20.6 Å². The molecular formula is C18H22N4O4. The lowest BCUT2D eigenvalue weighted by Gasteiger charge is -2.23. The minimum atomic E-state index is -1.18. The van der Waals surface area contributed by atoms with Gasteiger partial charge in [-0.2, -0.15) is 0 Å². The monoisotopic (exact) mass is 358 g/mol. The summed E-state index contributed by atoms with van der Waals surface area (Å²) in [6.45, 7) is 4.84. The summed E-state index contributed by atoms with van der Waals surface area (Å²) >= 11 is 0. The standard InChI is InChI=1S/C18H22N4O4/c1-10(2)16(20-11(3)23)17(24)22-15(18(25)26)8-12-9-19-13-6-4-5-7-14(13)21-12/h4-7,9-10,15-16H,8H2,1-3H3,(H,20,23)(H,22,24)(H,25,26)/t15-,16-/m1/s1. The Hall–Kier alpha value is -3.03. The zero-order valence-corrected chi connectivity index (χ0v) is 14.9. The number of rotatable bonds is 7. The molecule has 0 aliphatic carbocycles. The molecule has 0 unspecified atom stereocenters. The summed E-state index contributed by atoms with van der Waals surface area (Å²) in [5, 5.41) is 14.5. The smallest absolute Gasteiger partial charge is 0.326 e. The van der Waals surface area contributed by atoms with Crippen molar-refractivity contribution < 1.29 is 19.5 Å². The van der Waals surface area contributed by atoms with Crippen LogP contribution in [0.3, 0.4) is 0 Å². The zero-order chi connectivity index (χ0) is 19.3. The van der Waals surface area contributed by atoms with E-state index in [1.807, 2.05) is 18.2 Å². The Balaban J connectivity index is 2.15. The van der Waals surface area contributed by atoms with Gasteiger partial charge < -0.3 is 15.7 Å². The van der Waals surface area contributed by atoms with Crippen molar-refractivity contribution >= 4 is 28.8 Å². The van der Waals surface area contributed by atoms with Gasteiger partial charge in [-0.1, -0.05) is 26.0 Å². The van der Waals surface area contributed by atoms with Gasteiger partial charge in [-0.15, -0.1) is 0 Å². The van der Waals surface area contributed by atoms with Crippen molar-refractivity contribution in [2.75, 3.05) is 0 Å². The number of hydrogen-bond acceptors (Lipinski definition) is 5. The van der Waals surface area contributed by atoms with Gasteiger partial charge in [-0.25, -0.2) is 9.78 Å². The van der Waals surface area contributed by atoms with E-state index in [0.717, 1.165) is 0 Å². The zero-order valence-electron chi connectivity index (χ0n) is 14.9. The van der Waals surface area contributed by atoms with Gasteiger partial charge in [0.1, 0.15) is 12.1 Å². The molecule has 1 aromatic heterocycles. The van der Waals surface area contributed by atoms with Gasteiger partial charge in [0.15, 0.2) is 0 Å². The highest BCUT2D eigenvalue weighted by Gasteiger charge is 2.28. The van der Waals surface area contributed by atoms with Crippen LogP contribution in [0.25, 0.3) is 11.0 Å². The van der Waals surface area contributed by atoms with Crippen LogP contribution in [-0.4, -0.2) is 44.9 Å². The number of carboxylic acids is 1. The summed E-state index contributed by atoms with van der Waals surface area (Å²) < 4.78 is 0. The van der Waals surface area contributed by atoms with E-state index in [4.69, 9.17) is 0 Å². The number of para-hydroxylation sites is 2. The lowest BCUT2D eigenvalue weighted by Crippen LogP contribution is -2.53. The van der Waals surface area contributed by atoms with E-state index in [1.165, 1.54) is 13.1 Å². The van der Waals surface area contributed by atoms with E-state index in [2.05, 4.69) is 20.6 Å². The quantitative estimate of drug-likeness (QED) is 0.676. The van der Waals surface area contributed by atoms with Crippen molar-refractivity contribution in [2.45, 2.75) is 39.3 Å². The molecule has 3 N–H and O–H groups in total. The van der Waals surface area contributed by atoms with Crippen molar-refractivity contribution in [1.29, 1.82) is 0 Å². The molecule has 8 heteroatoms. The highest BCUT2D eigenvalue weighted by atomic mass is 16.4. The number of carbonyl (C=O) groups is 3. The molecule has 138 valence electrons. The maximum Gasteiger partial charge on any atom is 0.326 e. The number of hydrogen-bond donors (Lipinski definition) is 3. The molecule has 0 aliphatic heterocycles. The molecule has 2 atom stereocenters. The van der Waals surface area contributed by atoms with Crippen LogP contribution >= 0.6 is 0 Å². The summed E-state index contributed by atoms with van der Waals surface area (Å²) in [7, 11) is 0. The van der Waals surface area contributed by atoms with E-state index >= 15 is 0 Å². The number of aliphatic carboxylic acids is 1. The second kappa shape index (κ2) is 8.37. The van der Waals surface area contributed by atoms with E-state index in [1.54, 1.807) is 19.9 Å². The average molecular weight is 358 g/mol. The van der Waals surface area contributed by atoms with Gasteiger partial charge >= 0.3 is 5.97 Å². The molecule has 0 fully saturated rings. The van der Waals surface area contributed by atoms with Crippen molar-refractivity contribution in [3.05, 3.63) is 36.2 Å². The Morgan fingerprint density at radius 3 is 2.35 bits per heavy atom. The summed E-state index contributed by atoms with van der Waals surface area (Å²) in [5.74, 6) is -2.27. The fourth-order valence-electron chi connectivity index (χ4n) is 2.52. The first kappa shape index (κ1) is 19.3. The number of nitrogens with one attached hydrogen (secondary N) is 2. The Kier molecular flexibility index (Phi) is 6.21. The summed E-state index contributed by atoms with van der Waals surface area (Å²) in [5.41, 5.74) is 1.81. The first-order valence-corrected chi connectivity index (χ1v) is 8.29. The highest BCUT2D eigenvalue weighted by molar-refractivity contribution is 5.90. The molecule has 0 aliphatic rings. The number of amides is 2. The number of benzene rings is 1. The first-order valence-electron chi connectivity index (χ1n) is 8.29. The predicted octanol–water partition coefficient (Wildman–Crippen LogP) is 0.902. The maximum atomic E-state index is 12.4. The summed E-state index contributed by atoms with van der Waals surface area (Å²) in [4.78, 5) is 43.9.